The fourth-order valence-corrected chi connectivity index (χ4v) is 3.12. The van der Waals surface area contributed by atoms with E-state index in [9.17, 15) is 4.79 Å². The molecular formula is C17H35N3O. The zero-order valence-electron chi connectivity index (χ0n) is 14.7. The summed E-state index contributed by atoms with van der Waals surface area (Å²) in [7, 11) is 0. The van der Waals surface area contributed by atoms with Crippen LogP contribution in [0.3, 0.4) is 0 Å². The van der Waals surface area contributed by atoms with Gasteiger partial charge in [-0.25, -0.2) is 0 Å². The number of piperazine rings is 1. The van der Waals surface area contributed by atoms with Crippen molar-refractivity contribution < 1.29 is 4.79 Å². The summed E-state index contributed by atoms with van der Waals surface area (Å²) in [6.45, 7) is 15.6. The molecule has 1 saturated heterocycles. The monoisotopic (exact) mass is 297 g/mol. The lowest BCUT2D eigenvalue weighted by Gasteiger charge is -2.42. The van der Waals surface area contributed by atoms with Crippen molar-refractivity contribution in [1.29, 1.82) is 0 Å². The van der Waals surface area contributed by atoms with Crippen LogP contribution in [0.4, 0.5) is 0 Å². The Morgan fingerprint density at radius 2 is 1.67 bits per heavy atom. The molecule has 21 heavy (non-hydrogen) atoms. The summed E-state index contributed by atoms with van der Waals surface area (Å²) in [5.41, 5.74) is 5.88. The molecule has 0 spiro atoms. The van der Waals surface area contributed by atoms with Crippen LogP contribution in [0.15, 0.2) is 0 Å². The topological polar surface area (TPSA) is 49.6 Å². The molecule has 0 aromatic carbocycles. The largest absolute Gasteiger partial charge is 0.340 e. The average molecular weight is 297 g/mol. The van der Waals surface area contributed by atoms with Crippen molar-refractivity contribution in [2.75, 3.05) is 32.7 Å². The molecule has 1 atom stereocenters. The highest BCUT2D eigenvalue weighted by molar-refractivity contribution is 5.76. The Morgan fingerprint density at radius 3 is 2.10 bits per heavy atom. The molecule has 1 unspecified atom stereocenters. The quantitative estimate of drug-likeness (QED) is 0.818. The van der Waals surface area contributed by atoms with Crippen LogP contribution in [0.2, 0.25) is 0 Å². The summed E-state index contributed by atoms with van der Waals surface area (Å²) in [6, 6.07) is 0. The second-order valence-electron chi connectivity index (χ2n) is 7.66. The maximum absolute atomic E-state index is 12.4. The molecule has 1 aliphatic heterocycles. The molecule has 1 heterocycles. The summed E-state index contributed by atoms with van der Waals surface area (Å²) in [6.07, 6.45) is 2.69. The van der Waals surface area contributed by atoms with E-state index in [-0.39, 0.29) is 5.54 Å². The van der Waals surface area contributed by atoms with Gasteiger partial charge in [0, 0.05) is 38.1 Å². The van der Waals surface area contributed by atoms with E-state index in [1.807, 2.05) is 4.90 Å². The van der Waals surface area contributed by atoms with Crippen molar-refractivity contribution in [2.24, 2.45) is 17.6 Å². The van der Waals surface area contributed by atoms with Gasteiger partial charge in [-0.05, 0) is 52.0 Å². The van der Waals surface area contributed by atoms with Crippen molar-refractivity contribution in [2.45, 2.75) is 59.4 Å². The first-order valence-electron chi connectivity index (χ1n) is 8.48. The third kappa shape index (κ3) is 5.95. The molecule has 4 nitrogen and oxygen atoms in total. The number of rotatable bonds is 6. The molecule has 1 aliphatic rings. The summed E-state index contributed by atoms with van der Waals surface area (Å²) < 4.78 is 0. The van der Waals surface area contributed by atoms with Crippen LogP contribution in [0, 0.1) is 11.8 Å². The van der Waals surface area contributed by atoms with Crippen LogP contribution in [0.5, 0.6) is 0 Å². The molecule has 124 valence electrons. The standard InChI is InChI=1S/C17H35N3O/c1-14(2)15(8-9-18)6-7-16(21)19-10-12-20(13-11-19)17(3,4)5/h14-15H,6-13,18H2,1-5H3. The van der Waals surface area contributed by atoms with Crippen molar-refractivity contribution in [1.82, 2.24) is 9.80 Å². The minimum atomic E-state index is 0.207. The first kappa shape index (κ1) is 18.4. The van der Waals surface area contributed by atoms with E-state index in [1.54, 1.807) is 0 Å². The molecule has 0 aliphatic carbocycles. The molecule has 0 radical (unpaired) electrons. The van der Waals surface area contributed by atoms with Gasteiger partial charge in [-0.2, -0.15) is 0 Å². The van der Waals surface area contributed by atoms with Crippen molar-refractivity contribution in [3.63, 3.8) is 0 Å². The van der Waals surface area contributed by atoms with E-state index >= 15 is 0 Å². The van der Waals surface area contributed by atoms with Gasteiger partial charge in [0.2, 0.25) is 5.91 Å². The zero-order valence-corrected chi connectivity index (χ0v) is 14.7. The lowest BCUT2D eigenvalue weighted by Crippen LogP contribution is -2.54. The molecule has 4 heteroatoms. The molecule has 0 saturated carbocycles. The Morgan fingerprint density at radius 1 is 1.10 bits per heavy atom. The van der Waals surface area contributed by atoms with Gasteiger partial charge in [0.15, 0.2) is 0 Å². The molecule has 0 aromatic heterocycles. The Kier molecular flexibility index (Phi) is 7.14. The summed E-state index contributed by atoms with van der Waals surface area (Å²) in [4.78, 5) is 16.9. The molecule has 2 N–H and O–H groups in total. The van der Waals surface area contributed by atoms with Crippen LogP contribution in [0.25, 0.3) is 0 Å². The van der Waals surface area contributed by atoms with E-state index in [0.29, 0.717) is 24.2 Å². The normalized spacial score (nSPS) is 19.1. The lowest BCUT2D eigenvalue weighted by molar-refractivity contribution is -0.134. The van der Waals surface area contributed by atoms with Gasteiger partial charge in [-0.15, -0.1) is 0 Å². The number of carbonyl (C=O) groups excluding carboxylic acids is 1. The second-order valence-corrected chi connectivity index (χ2v) is 7.66. The van der Waals surface area contributed by atoms with E-state index in [2.05, 4.69) is 39.5 Å². The minimum absolute atomic E-state index is 0.207. The number of nitrogens with two attached hydrogens (primary N) is 1. The summed E-state index contributed by atoms with van der Waals surface area (Å²) in [5, 5.41) is 0. The van der Waals surface area contributed by atoms with E-state index in [4.69, 9.17) is 5.73 Å². The highest BCUT2D eigenvalue weighted by Gasteiger charge is 2.27. The van der Waals surface area contributed by atoms with Gasteiger partial charge in [0.1, 0.15) is 0 Å². The van der Waals surface area contributed by atoms with Crippen LogP contribution >= 0.6 is 0 Å². The van der Waals surface area contributed by atoms with Gasteiger partial charge in [0.05, 0.1) is 0 Å². The van der Waals surface area contributed by atoms with Crippen LogP contribution in [0.1, 0.15) is 53.9 Å². The van der Waals surface area contributed by atoms with Gasteiger partial charge in [0.25, 0.3) is 0 Å². The van der Waals surface area contributed by atoms with Crippen LogP contribution < -0.4 is 5.73 Å². The Balaban J connectivity index is 2.37. The first-order chi connectivity index (χ1) is 9.75. The number of carbonyl (C=O) groups is 1. The predicted octanol–water partition coefficient (Wildman–Crippen LogP) is 2.33. The van der Waals surface area contributed by atoms with Crippen LogP contribution in [-0.4, -0.2) is 54.0 Å². The summed E-state index contributed by atoms with van der Waals surface area (Å²) in [5.74, 6) is 1.51. The Hall–Kier alpha value is -0.610. The fraction of sp³-hybridized carbons (Fsp3) is 0.941. The average Bonchev–Trinajstić information content (AvgIpc) is 2.42. The first-order valence-corrected chi connectivity index (χ1v) is 8.48. The smallest absolute Gasteiger partial charge is 0.222 e. The third-order valence-corrected chi connectivity index (χ3v) is 4.79. The van der Waals surface area contributed by atoms with Crippen molar-refractivity contribution in [3.05, 3.63) is 0 Å². The Bertz CT molecular complexity index is 314. The van der Waals surface area contributed by atoms with Gasteiger partial charge >= 0.3 is 0 Å². The van der Waals surface area contributed by atoms with Crippen molar-refractivity contribution >= 4 is 5.91 Å². The lowest BCUT2D eigenvalue weighted by atomic mass is 9.88. The number of hydrogen-bond acceptors (Lipinski definition) is 3. The SMILES string of the molecule is CC(C)C(CCN)CCC(=O)N1CCN(C(C)(C)C)CC1. The number of hydrogen-bond donors (Lipinski definition) is 1. The second kappa shape index (κ2) is 8.14. The molecule has 0 bridgehead atoms. The summed E-state index contributed by atoms with van der Waals surface area (Å²) >= 11 is 0. The van der Waals surface area contributed by atoms with E-state index in [1.165, 1.54) is 0 Å². The maximum Gasteiger partial charge on any atom is 0.222 e. The molecule has 1 rings (SSSR count). The molecule has 1 amide bonds. The maximum atomic E-state index is 12.4. The minimum Gasteiger partial charge on any atom is -0.340 e. The molecule has 1 fully saturated rings. The van der Waals surface area contributed by atoms with Crippen LogP contribution in [-0.2, 0) is 4.79 Å². The Labute approximate surface area is 131 Å². The molecular weight excluding hydrogens is 262 g/mol. The van der Waals surface area contributed by atoms with E-state index in [0.717, 1.165) is 45.6 Å². The molecule has 0 aromatic rings. The number of amides is 1. The third-order valence-electron chi connectivity index (χ3n) is 4.79. The van der Waals surface area contributed by atoms with Gasteiger partial charge < -0.3 is 10.6 Å². The van der Waals surface area contributed by atoms with Crippen molar-refractivity contribution in [3.8, 4) is 0 Å². The number of nitrogens with zero attached hydrogens (tertiary/aromatic N) is 2. The van der Waals surface area contributed by atoms with Gasteiger partial charge in [-0.1, -0.05) is 13.8 Å². The fourth-order valence-electron chi connectivity index (χ4n) is 3.12. The predicted molar refractivity (Wildman–Crippen MR) is 89.1 cm³/mol. The van der Waals surface area contributed by atoms with E-state index < -0.39 is 0 Å². The zero-order chi connectivity index (χ0) is 16.0. The highest BCUT2D eigenvalue weighted by Crippen LogP contribution is 2.22. The highest BCUT2D eigenvalue weighted by atomic mass is 16.2. The van der Waals surface area contributed by atoms with Gasteiger partial charge in [-0.3, -0.25) is 9.69 Å².